The molecule has 5 heteroatoms. The van der Waals surface area contributed by atoms with E-state index in [1.165, 1.54) is 0 Å². The van der Waals surface area contributed by atoms with Gasteiger partial charge in [0.25, 0.3) is 0 Å². The Morgan fingerprint density at radius 1 is 1.45 bits per heavy atom. The maximum absolute atomic E-state index is 11.3. The maximum atomic E-state index is 11.3. The summed E-state index contributed by atoms with van der Waals surface area (Å²) in [5.41, 5.74) is 0.838. The lowest BCUT2D eigenvalue weighted by Gasteiger charge is -2.22. The van der Waals surface area contributed by atoms with Crippen LogP contribution >= 0.6 is 0 Å². The van der Waals surface area contributed by atoms with Gasteiger partial charge in [0.1, 0.15) is 5.82 Å². The third kappa shape index (κ3) is 3.28. The summed E-state index contributed by atoms with van der Waals surface area (Å²) in [4.78, 5) is 15.8. The lowest BCUT2D eigenvalue weighted by Crippen LogP contribution is -2.28. The zero-order chi connectivity index (χ0) is 14.9. The van der Waals surface area contributed by atoms with Gasteiger partial charge in [0, 0.05) is 17.7 Å². The monoisotopic (exact) mass is 278 g/mol. The minimum atomic E-state index is -0.934. The van der Waals surface area contributed by atoms with Gasteiger partial charge in [-0.1, -0.05) is 20.8 Å². The largest absolute Gasteiger partial charge is 0.478 e. The Kier molecular flexibility index (Phi) is 3.99. The summed E-state index contributed by atoms with van der Waals surface area (Å²) >= 11 is 0. The van der Waals surface area contributed by atoms with E-state index in [0.717, 1.165) is 18.7 Å². The average Bonchev–Trinajstić information content (AvgIpc) is 2.73. The maximum Gasteiger partial charge on any atom is 0.335 e. The van der Waals surface area contributed by atoms with Gasteiger partial charge in [0.15, 0.2) is 0 Å². The number of rotatable bonds is 3. The van der Waals surface area contributed by atoms with Gasteiger partial charge in [0.05, 0.1) is 17.7 Å². The van der Waals surface area contributed by atoms with E-state index in [2.05, 4.69) is 10.3 Å². The number of hydrogen-bond donors (Lipinski definition) is 2. The number of carboxylic acids is 1. The lowest BCUT2D eigenvalue weighted by molar-refractivity contribution is 0.0696. The van der Waals surface area contributed by atoms with Crippen LogP contribution in [0.4, 0.5) is 5.82 Å². The second-order valence-electron chi connectivity index (χ2n) is 6.30. The molecule has 1 aromatic heterocycles. The van der Waals surface area contributed by atoms with Crippen LogP contribution < -0.4 is 5.32 Å². The number of carboxylic acid groups (broad SMARTS) is 1. The molecule has 0 spiro atoms. The van der Waals surface area contributed by atoms with Crippen LogP contribution in [-0.4, -0.2) is 34.8 Å². The summed E-state index contributed by atoms with van der Waals surface area (Å²) in [6.45, 7) is 8.80. The molecule has 2 rings (SSSR count). The number of anilines is 1. The molecule has 5 nitrogen and oxygen atoms in total. The number of aromatic nitrogens is 1. The van der Waals surface area contributed by atoms with E-state index < -0.39 is 5.97 Å². The first-order chi connectivity index (χ1) is 9.27. The van der Waals surface area contributed by atoms with Crippen molar-refractivity contribution in [2.45, 2.75) is 51.7 Å². The van der Waals surface area contributed by atoms with Crippen molar-refractivity contribution in [3.8, 4) is 0 Å². The molecule has 1 aliphatic rings. The van der Waals surface area contributed by atoms with Crippen molar-refractivity contribution in [2.24, 2.45) is 0 Å². The zero-order valence-corrected chi connectivity index (χ0v) is 12.4. The molecule has 0 aliphatic carbocycles. The van der Waals surface area contributed by atoms with E-state index in [1.54, 1.807) is 12.1 Å². The molecule has 0 bridgehead atoms. The first-order valence-electron chi connectivity index (χ1n) is 6.91. The molecule has 1 aromatic rings. The molecule has 2 N–H and O–H groups in total. The van der Waals surface area contributed by atoms with Crippen molar-refractivity contribution < 1.29 is 14.6 Å². The van der Waals surface area contributed by atoms with Crippen LogP contribution in [0, 0.1) is 0 Å². The molecular weight excluding hydrogens is 256 g/mol. The molecule has 2 unspecified atom stereocenters. The first kappa shape index (κ1) is 14.8. The Balaban J connectivity index is 2.32. The molecule has 0 radical (unpaired) electrons. The van der Waals surface area contributed by atoms with Crippen LogP contribution in [0.25, 0.3) is 0 Å². The minimum Gasteiger partial charge on any atom is -0.478 e. The Morgan fingerprint density at radius 2 is 2.15 bits per heavy atom. The van der Waals surface area contributed by atoms with E-state index in [4.69, 9.17) is 4.74 Å². The van der Waals surface area contributed by atoms with Crippen LogP contribution in [0.3, 0.4) is 0 Å². The van der Waals surface area contributed by atoms with Gasteiger partial charge in [-0.05, 0) is 25.5 Å². The normalized spacial score (nSPS) is 22.8. The average molecular weight is 278 g/mol. The van der Waals surface area contributed by atoms with Crippen LogP contribution in [0.5, 0.6) is 0 Å². The molecule has 1 aliphatic heterocycles. The Hall–Kier alpha value is -1.62. The number of nitrogens with zero attached hydrogens (tertiary/aromatic N) is 1. The van der Waals surface area contributed by atoms with Gasteiger partial charge in [-0.25, -0.2) is 9.78 Å². The van der Waals surface area contributed by atoms with Crippen molar-refractivity contribution in [2.75, 3.05) is 11.9 Å². The van der Waals surface area contributed by atoms with Gasteiger partial charge in [-0.2, -0.15) is 0 Å². The van der Waals surface area contributed by atoms with E-state index in [1.807, 2.05) is 27.7 Å². The zero-order valence-electron chi connectivity index (χ0n) is 12.4. The lowest BCUT2D eigenvalue weighted by atomic mass is 9.90. The highest BCUT2D eigenvalue weighted by Gasteiger charge is 2.25. The number of ether oxygens (including phenoxy) is 1. The Morgan fingerprint density at radius 3 is 2.65 bits per heavy atom. The number of pyridine rings is 1. The standard InChI is InChI=1S/C15H22N2O3/c1-9-11(5-6-20-9)16-13-8-10(14(18)19)7-12(17-13)15(2,3)4/h7-9,11H,5-6H2,1-4H3,(H,16,17)(H,18,19). The van der Waals surface area contributed by atoms with Gasteiger partial charge in [-0.15, -0.1) is 0 Å². The van der Waals surface area contributed by atoms with E-state index in [9.17, 15) is 9.90 Å². The summed E-state index contributed by atoms with van der Waals surface area (Å²) < 4.78 is 5.51. The summed E-state index contributed by atoms with van der Waals surface area (Å²) in [6.07, 6.45) is 1.02. The smallest absolute Gasteiger partial charge is 0.335 e. The van der Waals surface area contributed by atoms with E-state index >= 15 is 0 Å². The molecule has 1 saturated heterocycles. The van der Waals surface area contributed by atoms with Crippen LogP contribution in [-0.2, 0) is 10.2 Å². The number of nitrogens with one attached hydrogen (secondary N) is 1. The fraction of sp³-hybridized carbons (Fsp3) is 0.600. The van der Waals surface area contributed by atoms with Crippen molar-refractivity contribution in [3.63, 3.8) is 0 Å². The quantitative estimate of drug-likeness (QED) is 0.889. The summed E-state index contributed by atoms with van der Waals surface area (Å²) in [5.74, 6) is -0.325. The van der Waals surface area contributed by atoms with Crippen LogP contribution in [0.2, 0.25) is 0 Å². The van der Waals surface area contributed by atoms with Crippen LogP contribution in [0.15, 0.2) is 12.1 Å². The topological polar surface area (TPSA) is 71.5 Å². The molecule has 20 heavy (non-hydrogen) atoms. The fourth-order valence-corrected chi connectivity index (χ4v) is 2.22. The number of hydrogen-bond acceptors (Lipinski definition) is 4. The molecular formula is C15H22N2O3. The third-order valence-electron chi connectivity index (χ3n) is 3.55. The molecule has 0 amide bonds. The number of carbonyl (C=O) groups is 1. The van der Waals surface area contributed by atoms with Gasteiger partial charge in [-0.3, -0.25) is 0 Å². The molecule has 1 fully saturated rings. The summed E-state index contributed by atoms with van der Waals surface area (Å²) in [5, 5.41) is 12.5. The third-order valence-corrected chi connectivity index (χ3v) is 3.55. The highest BCUT2D eigenvalue weighted by molar-refractivity contribution is 5.88. The first-order valence-corrected chi connectivity index (χ1v) is 6.91. The summed E-state index contributed by atoms with van der Waals surface area (Å²) in [7, 11) is 0. The van der Waals surface area contributed by atoms with Gasteiger partial charge >= 0.3 is 5.97 Å². The van der Waals surface area contributed by atoms with Gasteiger partial charge in [0.2, 0.25) is 0 Å². The Labute approximate surface area is 119 Å². The highest BCUT2D eigenvalue weighted by atomic mass is 16.5. The number of aromatic carboxylic acids is 1. The predicted octanol–water partition coefficient (Wildman–Crippen LogP) is 2.67. The highest BCUT2D eigenvalue weighted by Crippen LogP contribution is 2.25. The molecule has 2 heterocycles. The van der Waals surface area contributed by atoms with E-state index in [-0.39, 0.29) is 23.1 Å². The molecule has 2 atom stereocenters. The second-order valence-corrected chi connectivity index (χ2v) is 6.30. The van der Waals surface area contributed by atoms with Crippen LogP contribution in [0.1, 0.15) is 50.2 Å². The SMILES string of the molecule is CC1OCCC1Nc1cc(C(=O)O)cc(C(C)(C)C)n1. The summed E-state index contributed by atoms with van der Waals surface area (Å²) in [6, 6.07) is 3.41. The molecule has 0 saturated carbocycles. The van der Waals surface area contributed by atoms with Crippen molar-refractivity contribution in [1.82, 2.24) is 4.98 Å². The van der Waals surface area contributed by atoms with E-state index in [0.29, 0.717) is 5.82 Å². The van der Waals surface area contributed by atoms with Crippen molar-refractivity contribution in [3.05, 3.63) is 23.4 Å². The van der Waals surface area contributed by atoms with Gasteiger partial charge < -0.3 is 15.2 Å². The van der Waals surface area contributed by atoms with Crippen molar-refractivity contribution >= 4 is 11.8 Å². The fourth-order valence-electron chi connectivity index (χ4n) is 2.22. The van der Waals surface area contributed by atoms with Crippen molar-refractivity contribution in [1.29, 1.82) is 0 Å². The second kappa shape index (κ2) is 5.40. The molecule has 0 aromatic carbocycles. The molecule has 110 valence electrons. The minimum absolute atomic E-state index is 0.114. The Bertz CT molecular complexity index is 508. The predicted molar refractivity (Wildman–Crippen MR) is 77.3 cm³/mol.